The third kappa shape index (κ3) is 2.37. The van der Waals surface area contributed by atoms with Crippen molar-refractivity contribution in [1.29, 1.82) is 0 Å². The van der Waals surface area contributed by atoms with Crippen molar-refractivity contribution < 1.29 is 0 Å². The Balaban J connectivity index is 1.94. The van der Waals surface area contributed by atoms with Gasteiger partial charge in [-0.1, -0.05) is 11.6 Å². The van der Waals surface area contributed by atoms with Gasteiger partial charge in [-0.3, -0.25) is 0 Å². The molecule has 0 fully saturated rings. The lowest BCUT2D eigenvalue weighted by Gasteiger charge is -2.12. The summed E-state index contributed by atoms with van der Waals surface area (Å²) in [7, 11) is 2.02. The van der Waals surface area contributed by atoms with Gasteiger partial charge in [-0.2, -0.15) is 0 Å². The number of fused-ring (bicyclic) bond motifs is 1. The van der Waals surface area contributed by atoms with E-state index in [-0.39, 0.29) is 0 Å². The zero-order chi connectivity index (χ0) is 12.5. The molecule has 1 aliphatic carbocycles. The molecule has 0 radical (unpaired) electrons. The van der Waals surface area contributed by atoms with Gasteiger partial charge in [0.1, 0.15) is 0 Å². The van der Waals surface area contributed by atoms with Gasteiger partial charge < -0.3 is 5.32 Å². The second-order valence-corrected chi connectivity index (χ2v) is 7.58. The number of nitrogens with one attached hydrogen (secondary N) is 1. The highest BCUT2D eigenvalue weighted by Gasteiger charge is 2.20. The van der Waals surface area contributed by atoms with Crippen LogP contribution in [0, 0.1) is 0 Å². The third-order valence-corrected chi connectivity index (χ3v) is 6.07. The number of thiophene rings is 2. The van der Waals surface area contributed by atoms with Gasteiger partial charge in [0.05, 0.1) is 10.4 Å². The Morgan fingerprint density at radius 2 is 2.00 bits per heavy atom. The summed E-state index contributed by atoms with van der Waals surface area (Å²) >= 11 is 9.69. The van der Waals surface area contributed by atoms with Gasteiger partial charge >= 0.3 is 0 Å². The maximum Gasteiger partial charge on any atom is 0.0931 e. The molecule has 0 spiro atoms. The molecular formula is C14H16ClNS2. The zero-order valence-corrected chi connectivity index (χ0v) is 12.7. The standard InChI is InChI=1S/C14H16ClNS2/c1-16-14(11-6-7-13(15)18-11)12-8-9-4-2-3-5-10(9)17-12/h6-8,14,16H,2-5H2,1H3. The van der Waals surface area contributed by atoms with Crippen LogP contribution in [0.2, 0.25) is 4.34 Å². The summed E-state index contributed by atoms with van der Waals surface area (Å²) in [5, 5.41) is 3.42. The molecule has 4 heteroatoms. The summed E-state index contributed by atoms with van der Waals surface area (Å²) in [5.41, 5.74) is 1.57. The van der Waals surface area contributed by atoms with Crippen molar-refractivity contribution in [1.82, 2.24) is 5.32 Å². The average Bonchev–Trinajstić information content (AvgIpc) is 2.96. The first-order valence-electron chi connectivity index (χ1n) is 6.32. The average molecular weight is 298 g/mol. The van der Waals surface area contributed by atoms with E-state index >= 15 is 0 Å². The van der Waals surface area contributed by atoms with Crippen molar-refractivity contribution >= 4 is 34.3 Å². The summed E-state index contributed by atoms with van der Waals surface area (Å²) < 4.78 is 0.867. The lowest BCUT2D eigenvalue weighted by atomic mass is 9.99. The molecule has 0 saturated heterocycles. The lowest BCUT2D eigenvalue weighted by Crippen LogP contribution is -2.15. The first kappa shape index (κ1) is 12.7. The predicted octanol–water partition coefficient (Wildman–Crippen LogP) is 4.65. The molecule has 0 saturated carbocycles. The second kappa shape index (κ2) is 5.33. The van der Waals surface area contributed by atoms with E-state index in [2.05, 4.69) is 17.4 Å². The molecular weight excluding hydrogens is 282 g/mol. The summed E-state index contributed by atoms with van der Waals surface area (Å²) in [5.74, 6) is 0. The van der Waals surface area contributed by atoms with Crippen molar-refractivity contribution in [2.75, 3.05) is 7.05 Å². The first-order chi connectivity index (χ1) is 8.78. The normalized spacial score (nSPS) is 16.6. The maximum absolute atomic E-state index is 6.04. The van der Waals surface area contributed by atoms with Gasteiger partial charge in [-0.05, 0) is 56.5 Å². The minimum atomic E-state index is 0.304. The molecule has 0 aromatic carbocycles. The van der Waals surface area contributed by atoms with Gasteiger partial charge in [-0.25, -0.2) is 0 Å². The van der Waals surface area contributed by atoms with E-state index in [9.17, 15) is 0 Å². The highest BCUT2D eigenvalue weighted by atomic mass is 35.5. The Labute approximate surface area is 121 Å². The van der Waals surface area contributed by atoms with Crippen molar-refractivity contribution in [2.45, 2.75) is 31.7 Å². The fourth-order valence-electron chi connectivity index (χ4n) is 2.56. The monoisotopic (exact) mass is 297 g/mol. The summed E-state index contributed by atoms with van der Waals surface area (Å²) in [6.07, 6.45) is 5.22. The van der Waals surface area contributed by atoms with Crippen molar-refractivity contribution in [2.24, 2.45) is 0 Å². The SMILES string of the molecule is CNC(c1ccc(Cl)s1)c1cc2c(s1)CCCC2. The molecule has 1 unspecified atom stereocenters. The van der Waals surface area contributed by atoms with Gasteiger partial charge in [-0.15, -0.1) is 22.7 Å². The van der Waals surface area contributed by atoms with Crippen LogP contribution in [0.5, 0.6) is 0 Å². The van der Waals surface area contributed by atoms with Crippen LogP contribution >= 0.6 is 34.3 Å². The molecule has 0 amide bonds. The van der Waals surface area contributed by atoms with Crippen LogP contribution < -0.4 is 5.32 Å². The Morgan fingerprint density at radius 3 is 2.67 bits per heavy atom. The van der Waals surface area contributed by atoms with E-state index in [1.165, 1.54) is 35.4 Å². The van der Waals surface area contributed by atoms with Gasteiger partial charge in [0.25, 0.3) is 0 Å². The van der Waals surface area contributed by atoms with Gasteiger partial charge in [0.15, 0.2) is 0 Å². The molecule has 1 N–H and O–H groups in total. The molecule has 2 heterocycles. The van der Waals surface area contributed by atoms with E-state index in [0.29, 0.717) is 6.04 Å². The summed E-state index contributed by atoms with van der Waals surface area (Å²) in [6, 6.07) is 6.82. The molecule has 96 valence electrons. The second-order valence-electron chi connectivity index (χ2n) is 4.67. The highest BCUT2D eigenvalue weighted by Crippen LogP contribution is 2.37. The molecule has 0 bridgehead atoms. The summed E-state index contributed by atoms with van der Waals surface area (Å²) in [6.45, 7) is 0. The first-order valence-corrected chi connectivity index (χ1v) is 8.33. The quantitative estimate of drug-likeness (QED) is 0.869. The minimum Gasteiger partial charge on any atom is -0.308 e. The molecule has 2 aromatic heterocycles. The molecule has 18 heavy (non-hydrogen) atoms. The molecule has 3 rings (SSSR count). The Kier molecular flexibility index (Phi) is 3.76. The van der Waals surface area contributed by atoms with Crippen LogP contribution in [0.25, 0.3) is 0 Å². The van der Waals surface area contributed by atoms with E-state index in [1.807, 2.05) is 24.5 Å². The number of hydrogen-bond acceptors (Lipinski definition) is 3. The van der Waals surface area contributed by atoms with E-state index < -0.39 is 0 Å². The Bertz CT molecular complexity index is 520. The Morgan fingerprint density at radius 1 is 1.17 bits per heavy atom. The smallest absolute Gasteiger partial charge is 0.0931 e. The fourth-order valence-corrected chi connectivity index (χ4v) is 5.22. The highest BCUT2D eigenvalue weighted by molar-refractivity contribution is 7.16. The van der Waals surface area contributed by atoms with Crippen LogP contribution in [-0.4, -0.2) is 7.05 Å². The van der Waals surface area contributed by atoms with Gasteiger partial charge in [0.2, 0.25) is 0 Å². The predicted molar refractivity (Wildman–Crippen MR) is 81.2 cm³/mol. The number of hydrogen-bond donors (Lipinski definition) is 1. The van der Waals surface area contributed by atoms with Crippen LogP contribution in [0.1, 0.15) is 39.1 Å². The van der Waals surface area contributed by atoms with Crippen LogP contribution in [0.4, 0.5) is 0 Å². The van der Waals surface area contributed by atoms with Crippen LogP contribution in [-0.2, 0) is 12.8 Å². The third-order valence-electron chi connectivity index (χ3n) is 3.47. The van der Waals surface area contributed by atoms with E-state index in [1.54, 1.807) is 21.8 Å². The molecule has 1 atom stereocenters. The molecule has 2 aromatic rings. The molecule has 0 aliphatic heterocycles. The fraction of sp³-hybridized carbons (Fsp3) is 0.429. The van der Waals surface area contributed by atoms with Gasteiger partial charge in [0, 0.05) is 14.6 Å². The minimum absolute atomic E-state index is 0.304. The Hall–Kier alpha value is -0.350. The van der Waals surface area contributed by atoms with Crippen molar-refractivity contribution in [3.8, 4) is 0 Å². The molecule has 1 aliphatic rings. The number of rotatable bonds is 3. The molecule has 1 nitrogen and oxygen atoms in total. The topological polar surface area (TPSA) is 12.0 Å². The van der Waals surface area contributed by atoms with Crippen LogP contribution in [0.15, 0.2) is 18.2 Å². The summed E-state index contributed by atoms with van der Waals surface area (Å²) in [4.78, 5) is 4.34. The van der Waals surface area contributed by atoms with Crippen LogP contribution in [0.3, 0.4) is 0 Å². The van der Waals surface area contributed by atoms with Crippen molar-refractivity contribution in [3.05, 3.63) is 42.7 Å². The van der Waals surface area contributed by atoms with E-state index in [0.717, 1.165) is 4.34 Å². The van der Waals surface area contributed by atoms with Crippen molar-refractivity contribution in [3.63, 3.8) is 0 Å². The van der Waals surface area contributed by atoms with E-state index in [4.69, 9.17) is 11.6 Å². The number of aryl methyl sites for hydroxylation is 2. The lowest BCUT2D eigenvalue weighted by molar-refractivity contribution is 0.694. The number of halogens is 1. The largest absolute Gasteiger partial charge is 0.308 e. The zero-order valence-electron chi connectivity index (χ0n) is 10.3. The maximum atomic E-state index is 6.04.